The molecule has 1 aromatic rings. The smallest absolute Gasteiger partial charge is 0.318 e. The Labute approximate surface area is 149 Å². The van der Waals surface area contributed by atoms with Crippen molar-refractivity contribution in [3.63, 3.8) is 0 Å². The predicted molar refractivity (Wildman–Crippen MR) is 95.5 cm³/mol. The largest absolute Gasteiger partial charge is 0.351 e. The molecule has 1 fully saturated rings. The van der Waals surface area contributed by atoms with E-state index in [1.165, 1.54) is 4.90 Å². The molecule has 0 spiro atoms. The molecule has 4 amide bonds. The molecule has 0 bridgehead atoms. The summed E-state index contributed by atoms with van der Waals surface area (Å²) in [5, 5.41) is 2.66. The molecule has 132 valence electrons. The van der Waals surface area contributed by atoms with E-state index in [9.17, 15) is 14.4 Å². The average Bonchev–Trinajstić information content (AvgIpc) is 2.64. The van der Waals surface area contributed by atoms with E-state index in [-0.39, 0.29) is 11.3 Å². The molecule has 0 aliphatic carbocycles. The van der Waals surface area contributed by atoms with Gasteiger partial charge in [0, 0.05) is 24.7 Å². The third-order valence-electron chi connectivity index (χ3n) is 4.26. The maximum absolute atomic E-state index is 12.4. The van der Waals surface area contributed by atoms with Crippen molar-refractivity contribution in [2.24, 2.45) is 11.5 Å². The van der Waals surface area contributed by atoms with Gasteiger partial charge in [0.2, 0.25) is 5.91 Å². The van der Waals surface area contributed by atoms with Crippen molar-refractivity contribution in [3.8, 4) is 0 Å². The molecule has 3 atom stereocenters. The number of carbonyl (C=O) groups excluding carboxylic acids is 3. The fourth-order valence-corrected chi connectivity index (χ4v) is 3.80. The van der Waals surface area contributed by atoms with Gasteiger partial charge >= 0.3 is 6.03 Å². The van der Waals surface area contributed by atoms with Crippen molar-refractivity contribution < 1.29 is 14.4 Å². The number of benzene rings is 1. The molecule has 0 aromatic heterocycles. The lowest BCUT2D eigenvalue weighted by Gasteiger charge is -2.46. The van der Waals surface area contributed by atoms with Crippen molar-refractivity contribution in [2.45, 2.75) is 17.5 Å². The SMILES string of the molecule is CN(C(N)=O)c1ccc(C(N)C(=O)NC2C(=O)N3C=CCS[C@@H]23)cc1. The number of fused-ring (bicyclic) bond motifs is 1. The van der Waals surface area contributed by atoms with Crippen LogP contribution in [0, 0.1) is 0 Å². The Morgan fingerprint density at radius 3 is 2.68 bits per heavy atom. The Morgan fingerprint density at radius 2 is 2.04 bits per heavy atom. The van der Waals surface area contributed by atoms with Gasteiger partial charge in [-0.05, 0) is 17.7 Å². The third-order valence-corrected chi connectivity index (χ3v) is 5.49. The van der Waals surface area contributed by atoms with Gasteiger partial charge in [-0.2, -0.15) is 0 Å². The van der Waals surface area contributed by atoms with Crippen LogP contribution in [-0.4, -0.2) is 47.0 Å². The first kappa shape index (κ1) is 17.3. The van der Waals surface area contributed by atoms with Gasteiger partial charge in [-0.1, -0.05) is 18.2 Å². The molecule has 5 N–H and O–H groups in total. The second-order valence-corrected chi connectivity index (χ2v) is 6.96. The number of nitrogens with zero attached hydrogens (tertiary/aromatic N) is 2. The number of nitrogens with two attached hydrogens (primary N) is 2. The highest BCUT2D eigenvalue weighted by Crippen LogP contribution is 2.33. The van der Waals surface area contributed by atoms with Crippen LogP contribution >= 0.6 is 11.8 Å². The van der Waals surface area contributed by atoms with E-state index in [1.807, 2.05) is 6.08 Å². The molecule has 1 aromatic carbocycles. The number of hydrogen-bond donors (Lipinski definition) is 3. The van der Waals surface area contributed by atoms with Crippen LogP contribution in [0.3, 0.4) is 0 Å². The van der Waals surface area contributed by atoms with Gasteiger partial charge < -0.3 is 21.7 Å². The number of primary amides is 1. The molecule has 2 heterocycles. The molecular weight excluding hydrogens is 342 g/mol. The Morgan fingerprint density at radius 1 is 1.36 bits per heavy atom. The van der Waals surface area contributed by atoms with Gasteiger partial charge in [0.1, 0.15) is 17.5 Å². The maximum Gasteiger partial charge on any atom is 0.318 e. The minimum absolute atomic E-state index is 0.0692. The Kier molecular flexibility index (Phi) is 4.69. The van der Waals surface area contributed by atoms with E-state index in [0.717, 1.165) is 5.75 Å². The molecule has 25 heavy (non-hydrogen) atoms. The normalized spacial score (nSPS) is 22.6. The van der Waals surface area contributed by atoms with Crippen LogP contribution in [0.25, 0.3) is 0 Å². The van der Waals surface area contributed by atoms with Crippen LogP contribution < -0.4 is 21.7 Å². The minimum Gasteiger partial charge on any atom is -0.351 e. The highest BCUT2D eigenvalue weighted by atomic mass is 32.2. The number of amides is 4. The monoisotopic (exact) mass is 361 g/mol. The Bertz CT molecular complexity index is 736. The number of carbonyl (C=O) groups is 3. The van der Waals surface area contributed by atoms with Crippen molar-refractivity contribution in [3.05, 3.63) is 42.1 Å². The Hall–Kier alpha value is -2.52. The highest BCUT2D eigenvalue weighted by molar-refractivity contribution is 8.00. The first-order chi connectivity index (χ1) is 11.9. The lowest BCUT2D eigenvalue weighted by molar-refractivity contribution is -0.145. The van der Waals surface area contributed by atoms with Crippen molar-refractivity contribution in [1.82, 2.24) is 10.2 Å². The summed E-state index contributed by atoms with van der Waals surface area (Å²) in [6.45, 7) is 0. The van der Waals surface area contributed by atoms with Gasteiger partial charge in [-0.3, -0.25) is 14.5 Å². The zero-order valence-electron chi connectivity index (χ0n) is 13.6. The van der Waals surface area contributed by atoms with Crippen LogP contribution in [0.15, 0.2) is 36.5 Å². The third kappa shape index (κ3) is 3.20. The van der Waals surface area contributed by atoms with Gasteiger partial charge in [-0.15, -0.1) is 11.8 Å². The summed E-state index contributed by atoms with van der Waals surface area (Å²) in [6, 6.07) is 4.60. The predicted octanol–water partition coefficient (Wildman–Crippen LogP) is 0.115. The number of thioether (sulfide) groups is 1. The molecule has 8 nitrogen and oxygen atoms in total. The standard InChI is InChI=1S/C16H19N5O3S/c1-20(16(18)24)10-5-3-9(4-6-10)11(17)13(22)19-12-14(23)21-7-2-8-25-15(12)21/h2-7,11-12,15H,8,17H2,1H3,(H2,18,24)(H,19,22)/t11?,12?,15-/m0/s1. The summed E-state index contributed by atoms with van der Waals surface area (Å²) in [4.78, 5) is 38.4. The first-order valence-corrected chi connectivity index (χ1v) is 8.74. The summed E-state index contributed by atoms with van der Waals surface area (Å²) in [6.07, 6.45) is 3.66. The van der Waals surface area contributed by atoms with E-state index in [1.54, 1.807) is 54.2 Å². The molecule has 2 aliphatic heterocycles. The van der Waals surface area contributed by atoms with Gasteiger partial charge in [0.25, 0.3) is 5.91 Å². The molecule has 2 aliphatic rings. The van der Waals surface area contributed by atoms with Crippen molar-refractivity contribution in [2.75, 3.05) is 17.7 Å². The summed E-state index contributed by atoms with van der Waals surface area (Å²) >= 11 is 1.60. The molecule has 9 heteroatoms. The van der Waals surface area contributed by atoms with Crippen LogP contribution in [0.2, 0.25) is 0 Å². The lowest BCUT2D eigenvalue weighted by Crippen LogP contribution is -2.68. The summed E-state index contributed by atoms with van der Waals surface area (Å²) in [5.41, 5.74) is 12.4. The molecule has 0 radical (unpaired) electrons. The second-order valence-electron chi connectivity index (χ2n) is 5.81. The minimum atomic E-state index is -0.904. The number of rotatable bonds is 4. The molecular formula is C16H19N5O3S. The van der Waals surface area contributed by atoms with Crippen LogP contribution in [0.4, 0.5) is 10.5 Å². The van der Waals surface area contributed by atoms with Crippen molar-refractivity contribution in [1.29, 1.82) is 0 Å². The first-order valence-electron chi connectivity index (χ1n) is 7.69. The highest BCUT2D eigenvalue weighted by Gasteiger charge is 2.48. The van der Waals surface area contributed by atoms with Crippen LogP contribution in [-0.2, 0) is 9.59 Å². The summed E-state index contributed by atoms with van der Waals surface area (Å²) in [5.74, 6) is 0.262. The number of urea groups is 1. The van der Waals surface area contributed by atoms with E-state index in [4.69, 9.17) is 11.5 Å². The maximum atomic E-state index is 12.4. The van der Waals surface area contributed by atoms with Crippen LogP contribution in [0.1, 0.15) is 11.6 Å². The fraction of sp³-hybridized carbons (Fsp3) is 0.312. The van der Waals surface area contributed by atoms with Gasteiger partial charge in [0.05, 0.1) is 0 Å². The molecule has 2 unspecified atom stereocenters. The van der Waals surface area contributed by atoms with Crippen LogP contribution in [0.5, 0.6) is 0 Å². The van der Waals surface area contributed by atoms with Crippen molar-refractivity contribution >= 4 is 35.3 Å². The van der Waals surface area contributed by atoms with E-state index < -0.39 is 24.0 Å². The lowest BCUT2D eigenvalue weighted by atomic mass is 10.0. The number of nitrogens with one attached hydrogen (secondary N) is 1. The summed E-state index contributed by atoms with van der Waals surface area (Å²) in [7, 11) is 1.55. The van der Waals surface area contributed by atoms with E-state index >= 15 is 0 Å². The Balaban J connectivity index is 1.64. The second kappa shape index (κ2) is 6.77. The quantitative estimate of drug-likeness (QED) is 0.657. The number of β-lactam (4-membered cyclic amide) rings is 1. The zero-order valence-corrected chi connectivity index (χ0v) is 14.4. The van der Waals surface area contributed by atoms with E-state index in [0.29, 0.717) is 11.3 Å². The van der Waals surface area contributed by atoms with Gasteiger partial charge in [-0.25, -0.2) is 4.79 Å². The average molecular weight is 361 g/mol. The fourth-order valence-electron chi connectivity index (χ4n) is 2.69. The van der Waals surface area contributed by atoms with Gasteiger partial charge in [0.15, 0.2) is 0 Å². The molecule has 1 saturated heterocycles. The number of anilines is 1. The molecule has 0 saturated carbocycles. The summed E-state index contributed by atoms with van der Waals surface area (Å²) < 4.78 is 0. The zero-order chi connectivity index (χ0) is 18.1. The molecule has 3 rings (SSSR count). The number of hydrogen-bond acceptors (Lipinski definition) is 5. The topological polar surface area (TPSA) is 122 Å². The van der Waals surface area contributed by atoms with E-state index in [2.05, 4.69) is 5.32 Å².